The Morgan fingerprint density at radius 2 is 2.40 bits per heavy atom. The second kappa shape index (κ2) is 5.35. The highest BCUT2D eigenvalue weighted by Gasteiger charge is 2.26. The zero-order chi connectivity index (χ0) is 11.3. The summed E-state index contributed by atoms with van der Waals surface area (Å²) in [6, 6.07) is 0. The maximum Gasteiger partial charge on any atom is 0.308 e. The molecule has 0 unspecified atom stereocenters. The Labute approximate surface area is 86.9 Å². The van der Waals surface area contributed by atoms with Crippen LogP contribution in [0.1, 0.15) is 6.42 Å². The number of carbonyl (C=O) groups is 2. The Morgan fingerprint density at radius 1 is 1.67 bits per heavy atom. The lowest BCUT2D eigenvalue weighted by atomic mass is 10.1. The summed E-state index contributed by atoms with van der Waals surface area (Å²) in [7, 11) is 1.55. The van der Waals surface area contributed by atoms with Crippen molar-refractivity contribution in [2.75, 3.05) is 26.9 Å². The van der Waals surface area contributed by atoms with E-state index < -0.39 is 5.97 Å². The van der Waals surface area contributed by atoms with E-state index in [4.69, 9.17) is 14.6 Å². The molecule has 1 heterocycles. The van der Waals surface area contributed by atoms with Gasteiger partial charge in [0.15, 0.2) is 12.5 Å². The minimum atomic E-state index is -1.05. The number of carboxylic acid groups (broad SMARTS) is 1. The first-order valence-electron chi connectivity index (χ1n) is 4.49. The van der Waals surface area contributed by atoms with Crippen LogP contribution in [0.15, 0.2) is 11.5 Å². The molecule has 0 radical (unpaired) electrons. The van der Waals surface area contributed by atoms with Gasteiger partial charge in [-0.2, -0.15) is 0 Å². The molecule has 2 N–H and O–H groups in total. The molecule has 0 amide bonds. The van der Waals surface area contributed by atoms with Gasteiger partial charge in [0, 0.05) is 13.7 Å². The van der Waals surface area contributed by atoms with Crippen LogP contribution in [0.2, 0.25) is 0 Å². The first-order valence-corrected chi connectivity index (χ1v) is 4.49. The van der Waals surface area contributed by atoms with E-state index in [1.165, 1.54) is 0 Å². The number of nitrogens with one attached hydrogen (secondary N) is 1. The number of carbonyl (C=O) groups excluding carboxylic acids is 1. The van der Waals surface area contributed by atoms with Crippen LogP contribution in [0.25, 0.3) is 0 Å². The number of ketones is 1. The monoisotopic (exact) mass is 215 g/mol. The number of aliphatic carboxylic acids is 1. The third-order valence-corrected chi connectivity index (χ3v) is 1.88. The average Bonchev–Trinajstić information content (AvgIpc) is 2.49. The van der Waals surface area contributed by atoms with Gasteiger partial charge in [0.25, 0.3) is 0 Å². The molecule has 0 saturated carbocycles. The van der Waals surface area contributed by atoms with Crippen LogP contribution in [-0.4, -0.2) is 43.7 Å². The molecule has 0 aromatic heterocycles. The second-order valence-corrected chi connectivity index (χ2v) is 3.01. The van der Waals surface area contributed by atoms with E-state index in [2.05, 4.69) is 5.32 Å². The lowest BCUT2D eigenvalue weighted by Crippen LogP contribution is -2.20. The van der Waals surface area contributed by atoms with Gasteiger partial charge in [-0.25, -0.2) is 0 Å². The summed E-state index contributed by atoms with van der Waals surface area (Å²) in [4.78, 5) is 21.7. The fourth-order valence-electron chi connectivity index (χ4n) is 1.19. The van der Waals surface area contributed by atoms with Crippen LogP contribution in [0.3, 0.4) is 0 Å². The van der Waals surface area contributed by atoms with Gasteiger partial charge in [0.2, 0.25) is 5.78 Å². The number of Topliss-reactive ketones (excluding diaryl/α,β-unsaturated/α-hetero) is 1. The predicted molar refractivity (Wildman–Crippen MR) is 50.1 cm³/mol. The lowest BCUT2D eigenvalue weighted by Gasteiger charge is -2.07. The summed E-state index contributed by atoms with van der Waals surface area (Å²) in [5.74, 6) is -1.06. The highest BCUT2D eigenvalue weighted by molar-refractivity contribution is 6.01. The van der Waals surface area contributed by atoms with Gasteiger partial charge >= 0.3 is 5.97 Å². The van der Waals surface area contributed by atoms with Crippen molar-refractivity contribution in [2.24, 2.45) is 0 Å². The molecule has 1 aliphatic rings. The molecule has 84 valence electrons. The molecule has 0 aromatic carbocycles. The van der Waals surface area contributed by atoms with Crippen LogP contribution in [-0.2, 0) is 19.1 Å². The Bertz CT molecular complexity index is 297. The molecule has 0 bridgehead atoms. The fourth-order valence-corrected chi connectivity index (χ4v) is 1.19. The zero-order valence-corrected chi connectivity index (χ0v) is 8.41. The van der Waals surface area contributed by atoms with E-state index in [-0.39, 0.29) is 30.3 Å². The quantitative estimate of drug-likeness (QED) is 0.581. The Morgan fingerprint density at radius 3 is 3.00 bits per heavy atom. The molecule has 1 rings (SSSR count). The van der Waals surface area contributed by atoms with Crippen LogP contribution < -0.4 is 5.32 Å². The van der Waals surface area contributed by atoms with Gasteiger partial charge in [0.1, 0.15) is 0 Å². The van der Waals surface area contributed by atoms with Gasteiger partial charge < -0.3 is 19.9 Å². The molecule has 0 aromatic rings. The van der Waals surface area contributed by atoms with Crippen molar-refractivity contribution in [3.63, 3.8) is 0 Å². The molecule has 0 aliphatic carbocycles. The number of hydrogen-bond donors (Lipinski definition) is 2. The molecule has 6 heteroatoms. The van der Waals surface area contributed by atoms with Gasteiger partial charge in [-0.3, -0.25) is 9.59 Å². The third-order valence-electron chi connectivity index (χ3n) is 1.88. The first kappa shape index (κ1) is 11.5. The molecule has 1 aliphatic heterocycles. The van der Waals surface area contributed by atoms with Crippen molar-refractivity contribution in [1.29, 1.82) is 0 Å². The molecule has 15 heavy (non-hydrogen) atoms. The van der Waals surface area contributed by atoms with Gasteiger partial charge in [-0.15, -0.1) is 0 Å². The van der Waals surface area contributed by atoms with Crippen molar-refractivity contribution < 1.29 is 24.2 Å². The van der Waals surface area contributed by atoms with Gasteiger partial charge in [-0.05, 0) is 0 Å². The summed E-state index contributed by atoms with van der Waals surface area (Å²) in [5.41, 5.74) is 0.193. The smallest absolute Gasteiger partial charge is 0.308 e. The number of rotatable bonds is 6. The zero-order valence-electron chi connectivity index (χ0n) is 8.41. The number of ether oxygens (including phenoxy) is 2. The number of carboxylic acids is 1. The topological polar surface area (TPSA) is 84.9 Å². The molecule has 0 spiro atoms. The normalized spacial score (nSPS) is 15.4. The standard InChI is InChI=1S/C9H13NO5/c1-14-3-2-10-9-6(4-8(12)13)7(11)5-15-9/h10H,2-5H2,1H3,(H,12,13). The van der Waals surface area contributed by atoms with Crippen molar-refractivity contribution in [1.82, 2.24) is 5.32 Å². The SMILES string of the molecule is COCCNC1=C(CC(=O)O)C(=O)CO1. The Kier molecular flexibility index (Phi) is 4.11. The molecule has 0 fully saturated rings. The van der Waals surface area contributed by atoms with E-state index in [0.717, 1.165) is 0 Å². The Balaban J connectivity index is 2.59. The largest absolute Gasteiger partial charge is 0.481 e. The van der Waals surface area contributed by atoms with Crippen molar-refractivity contribution in [2.45, 2.75) is 6.42 Å². The minimum Gasteiger partial charge on any atom is -0.481 e. The molecule has 6 nitrogen and oxygen atoms in total. The number of hydrogen-bond acceptors (Lipinski definition) is 5. The first-order chi connectivity index (χ1) is 7.15. The summed E-state index contributed by atoms with van der Waals surface area (Å²) < 4.78 is 9.83. The van der Waals surface area contributed by atoms with Crippen LogP contribution in [0.5, 0.6) is 0 Å². The van der Waals surface area contributed by atoms with E-state index in [9.17, 15) is 9.59 Å². The van der Waals surface area contributed by atoms with Crippen LogP contribution in [0, 0.1) is 0 Å². The third kappa shape index (κ3) is 3.25. The fraction of sp³-hybridized carbons (Fsp3) is 0.556. The summed E-state index contributed by atoms with van der Waals surface area (Å²) in [5, 5.41) is 11.4. The molecular formula is C9H13NO5. The van der Waals surface area contributed by atoms with Crippen molar-refractivity contribution in [3.8, 4) is 0 Å². The summed E-state index contributed by atoms with van der Waals surface area (Å²) >= 11 is 0. The van der Waals surface area contributed by atoms with E-state index in [0.29, 0.717) is 13.2 Å². The minimum absolute atomic E-state index is 0.0854. The number of methoxy groups -OCH3 is 1. The highest BCUT2D eigenvalue weighted by Crippen LogP contribution is 2.16. The lowest BCUT2D eigenvalue weighted by molar-refractivity contribution is -0.136. The van der Waals surface area contributed by atoms with Crippen LogP contribution in [0.4, 0.5) is 0 Å². The summed E-state index contributed by atoms with van der Waals surface area (Å²) in [6.45, 7) is 0.849. The van der Waals surface area contributed by atoms with Crippen molar-refractivity contribution in [3.05, 3.63) is 11.5 Å². The van der Waals surface area contributed by atoms with E-state index in [1.54, 1.807) is 7.11 Å². The van der Waals surface area contributed by atoms with E-state index >= 15 is 0 Å². The van der Waals surface area contributed by atoms with E-state index in [1.807, 2.05) is 0 Å². The maximum absolute atomic E-state index is 11.2. The van der Waals surface area contributed by atoms with Crippen LogP contribution >= 0.6 is 0 Å². The van der Waals surface area contributed by atoms with Gasteiger partial charge in [-0.1, -0.05) is 0 Å². The molecule has 0 saturated heterocycles. The summed E-state index contributed by atoms with van der Waals surface area (Å²) in [6.07, 6.45) is -0.311. The predicted octanol–water partition coefficient (Wildman–Crippen LogP) is -0.492. The van der Waals surface area contributed by atoms with Gasteiger partial charge in [0.05, 0.1) is 18.6 Å². The highest BCUT2D eigenvalue weighted by atomic mass is 16.5. The second-order valence-electron chi connectivity index (χ2n) is 3.01. The van der Waals surface area contributed by atoms with Crippen molar-refractivity contribution >= 4 is 11.8 Å². The molecule has 0 atom stereocenters. The Hall–Kier alpha value is -1.56. The average molecular weight is 215 g/mol. The maximum atomic E-state index is 11.2. The molecular weight excluding hydrogens is 202 g/mol.